The number of ether oxygens (including phenoxy) is 9. The van der Waals surface area contributed by atoms with E-state index in [0.717, 1.165) is 0 Å². The van der Waals surface area contributed by atoms with Crippen LogP contribution in [0.1, 0.15) is 0 Å². The topological polar surface area (TPSA) is 349 Å². The Kier molecular flexibility index (Phi) is 91.7. The van der Waals surface area contributed by atoms with Gasteiger partial charge in [0.1, 0.15) is 60.2 Å². The summed E-state index contributed by atoms with van der Waals surface area (Å²) in [6.07, 6.45) is 0. The van der Waals surface area contributed by atoms with Gasteiger partial charge >= 0.3 is 35.4 Å². The van der Waals surface area contributed by atoms with E-state index in [1.54, 1.807) is 0 Å². The molecule has 0 amide bonds. The van der Waals surface area contributed by atoms with Gasteiger partial charge in [0.15, 0.2) is 6.61 Å². The summed E-state index contributed by atoms with van der Waals surface area (Å²) >= 11 is 9.04. The van der Waals surface area contributed by atoms with E-state index in [4.69, 9.17) is 61.0 Å². The van der Waals surface area contributed by atoms with Gasteiger partial charge in [-0.15, -0.1) is 12.4 Å². The molecule has 0 aliphatic carbocycles. The van der Waals surface area contributed by atoms with Gasteiger partial charge in [-0.05, 0) is 23.2 Å². The van der Waals surface area contributed by atoms with E-state index in [9.17, 15) is 24.0 Å². The summed E-state index contributed by atoms with van der Waals surface area (Å²) in [6.45, 7) is -1.97. The van der Waals surface area contributed by atoms with Crippen LogP contribution in [0.4, 0.5) is 0 Å². The molecule has 6 N–H and O–H groups in total. The number of methoxy groups -OCH3 is 4. The molecular weight excluding hydrogens is 850 g/mol. The fourth-order valence-electron chi connectivity index (χ4n) is 1.02. The first-order chi connectivity index (χ1) is 22.4. The lowest BCUT2D eigenvalue weighted by Crippen LogP contribution is -2.18. The zero-order valence-corrected chi connectivity index (χ0v) is 31.9. The first-order valence-corrected chi connectivity index (χ1v) is 15.3. The van der Waals surface area contributed by atoms with Crippen molar-refractivity contribution in [3.8, 4) is 0 Å². The van der Waals surface area contributed by atoms with Crippen LogP contribution in [0.5, 0.6) is 0 Å². The first kappa shape index (κ1) is 69.9. The van der Waals surface area contributed by atoms with E-state index in [-0.39, 0.29) is 71.5 Å². The standard InChI is InChI=1S/C6H10O6.2C4H7ClO3.C4H8O4.C2H4O3.Cl2OS.ClH.O2S.H2O/c1-10-4-11-3-6(9)12-2-5(7)8;3*1-7-3-8-2-4(5)6;3-1-2(4)5;1-4(2)3;;1-3-2;/h2-4H2,1H3,(H,7,8);2*2-3H2,1H3;2-3H2,1H3,(H,5,6);3H,1H2,(H,4,5);;1H;;1H2. The minimum absolute atomic E-state index is 0. The molecule has 0 saturated carbocycles. The van der Waals surface area contributed by atoms with Crippen molar-refractivity contribution in [2.24, 2.45) is 0 Å². The largest absolute Gasteiger partial charge is 0.480 e. The van der Waals surface area contributed by atoms with Gasteiger partial charge in [0.05, 0.1) is 0 Å². The molecule has 0 aromatic carbocycles. The number of aliphatic hydroxyl groups is 1. The average Bonchev–Trinajstić information content (AvgIpc) is 2.98. The number of carbonyl (C=O) groups excluding carboxylic acids is 3. The van der Waals surface area contributed by atoms with Crippen LogP contribution >= 0.6 is 57.0 Å². The number of carboxylic acids is 3. The molecule has 50 heavy (non-hydrogen) atoms. The third-order valence-corrected chi connectivity index (χ3v) is 2.39. The molecule has 0 rings (SSSR count). The minimum atomic E-state index is -1.67. The molecule has 304 valence electrons. The lowest BCUT2D eigenvalue weighted by atomic mass is 10.7. The van der Waals surface area contributed by atoms with Crippen LogP contribution in [-0.2, 0) is 92.2 Å². The van der Waals surface area contributed by atoms with Crippen molar-refractivity contribution in [2.45, 2.75) is 0 Å². The lowest BCUT2D eigenvalue weighted by molar-refractivity contribution is -0.161. The molecule has 0 bridgehead atoms. The number of rotatable bonds is 19. The monoisotopic (exact) mass is 886 g/mol. The van der Waals surface area contributed by atoms with Crippen LogP contribution in [0.2, 0.25) is 0 Å². The number of halogens is 5. The summed E-state index contributed by atoms with van der Waals surface area (Å²) in [4.78, 5) is 59.1. The van der Waals surface area contributed by atoms with E-state index >= 15 is 0 Å². The molecule has 0 unspecified atom stereocenters. The Morgan fingerprint density at radius 2 is 0.840 bits per heavy atom. The quantitative estimate of drug-likeness (QED) is 0.0507. The van der Waals surface area contributed by atoms with E-state index < -0.39 is 68.4 Å². The second kappa shape index (κ2) is 65.6. The lowest BCUT2D eigenvalue weighted by Gasteiger charge is -2.01. The van der Waals surface area contributed by atoms with Crippen LogP contribution in [0.15, 0.2) is 0 Å². The Morgan fingerprint density at radius 3 is 1.04 bits per heavy atom. The molecular formula is C20H39Cl5O23S2. The molecule has 0 radical (unpaired) electrons. The van der Waals surface area contributed by atoms with Gasteiger partial charge in [-0.3, -0.25) is 9.59 Å². The van der Waals surface area contributed by atoms with E-state index in [2.05, 4.69) is 64.0 Å². The Balaban J connectivity index is -0.0000000578. The number of carbonyl (C=O) groups is 6. The molecule has 0 spiro atoms. The van der Waals surface area contributed by atoms with Crippen molar-refractivity contribution < 1.29 is 110 Å². The molecule has 0 heterocycles. The third kappa shape index (κ3) is 149. The predicted molar refractivity (Wildman–Crippen MR) is 174 cm³/mol. The second-order valence-electron chi connectivity index (χ2n) is 5.98. The zero-order valence-electron chi connectivity index (χ0n) is 26.4. The Bertz CT molecular complexity index is 801. The summed E-state index contributed by atoms with van der Waals surface area (Å²) in [7, 11) is 13.1. The van der Waals surface area contributed by atoms with Gasteiger partial charge < -0.3 is 68.5 Å². The number of hydrogen-bond donors (Lipinski definition) is 4. The molecule has 0 aromatic rings. The van der Waals surface area contributed by atoms with Crippen LogP contribution in [-0.4, -0.2) is 168 Å². The molecule has 0 atom stereocenters. The molecule has 30 heteroatoms. The zero-order chi connectivity index (χ0) is 39.2. The highest BCUT2D eigenvalue weighted by Crippen LogP contribution is 1.89. The maximum absolute atomic E-state index is 10.6. The summed E-state index contributed by atoms with van der Waals surface area (Å²) in [5.74, 6) is -4.10. The van der Waals surface area contributed by atoms with Gasteiger partial charge in [0, 0.05) is 49.8 Å². The highest BCUT2D eigenvalue weighted by atomic mass is 36.0. The number of aliphatic hydroxyl groups excluding tert-OH is 1. The summed E-state index contributed by atoms with van der Waals surface area (Å²) in [5.41, 5.74) is 0. The van der Waals surface area contributed by atoms with Crippen molar-refractivity contribution in [1.29, 1.82) is 0 Å². The van der Waals surface area contributed by atoms with E-state index in [1.807, 2.05) is 0 Å². The number of hydrogen-bond acceptors (Lipinski definition) is 19. The second-order valence-corrected chi connectivity index (χ2v) is 9.49. The minimum Gasteiger partial charge on any atom is -0.480 e. The van der Waals surface area contributed by atoms with Crippen LogP contribution in [0, 0.1) is 0 Å². The molecule has 23 nitrogen and oxygen atoms in total. The van der Waals surface area contributed by atoms with Crippen LogP contribution in [0.3, 0.4) is 0 Å². The van der Waals surface area contributed by atoms with Gasteiger partial charge in [0.25, 0.3) is 0 Å². The van der Waals surface area contributed by atoms with Crippen molar-refractivity contribution in [1.82, 2.24) is 0 Å². The predicted octanol–water partition coefficient (Wildman–Crippen LogP) is -1.30. The molecule has 0 aromatic heterocycles. The SMILES string of the molecule is COCOCC(=O)Cl.COCOCC(=O)Cl.COCOCC(=O)O.COCOCC(=O)OCC(=O)O.Cl.O.O=C(O)CO.O=S(Cl)Cl.O=S=O. The number of aliphatic carboxylic acids is 3. The first-order valence-electron chi connectivity index (χ1n) is 11.1. The maximum atomic E-state index is 10.6. The average molecular weight is 889 g/mol. The van der Waals surface area contributed by atoms with Crippen LogP contribution < -0.4 is 0 Å². The van der Waals surface area contributed by atoms with Crippen molar-refractivity contribution in [3.63, 3.8) is 0 Å². The van der Waals surface area contributed by atoms with Gasteiger partial charge in [-0.2, -0.15) is 8.42 Å². The van der Waals surface area contributed by atoms with Gasteiger partial charge in [-0.25, -0.2) is 23.4 Å². The number of carboxylic acid groups (broad SMARTS) is 3. The highest BCUT2D eigenvalue weighted by molar-refractivity contribution is 8.26. The summed E-state index contributed by atoms with van der Waals surface area (Å²) < 4.78 is 65.8. The van der Waals surface area contributed by atoms with Gasteiger partial charge in [-0.1, -0.05) is 0 Å². The molecule has 0 aliphatic heterocycles. The number of esters is 1. The van der Waals surface area contributed by atoms with E-state index in [0.29, 0.717) is 0 Å². The Morgan fingerprint density at radius 1 is 0.600 bits per heavy atom. The molecule has 0 aliphatic rings. The van der Waals surface area contributed by atoms with Crippen molar-refractivity contribution in [3.05, 3.63) is 0 Å². The smallest absolute Gasteiger partial charge is 0.341 e. The van der Waals surface area contributed by atoms with Gasteiger partial charge in [0.2, 0.25) is 19.7 Å². The summed E-state index contributed by atoms with van der Waals surface area (Å²) in [5, 5.41) is 30.0. The fraction of sp³-hybridized carbons (Fsp3) is 0.700. The van der Waals surface area contributed by atoms with E-state index in [1.165, 1.54) is 28.4 Å². The maximum Gasteiger partial charge on any atom is 0.341 e. The fourth-order valence-corrected chi connectivity index (χ4v) is 1.17. The van der Waals surface area contributed by atoms with Crippen molar-refractivity contribution in [2.75, 3.05) is 95.3 Å². The molecule has 0 fully saturated rings. The highest BCUT2D eigenvalue weighted by Gasteiger charge is 2.05. The Labute approximate surface area is 316 Å². The third-order valence-electron chi connectivity index (χ3n) is 2.17. The molecule has 0 saturated heterocycles. The summed E-state index contributed by atoms with van der Waals surface area (Å²) in [6, 6.07) is 0. The van der Waals surface area contributed by atoms with Crippen molar-refractivity contribution >= 4 is 112 Å². The normalized spacial score (nSPS) is 8.36. The Hall–Kier alpha value is -1.76. The van der Waals surface area contributed by atoms with Crippen LogP contribution in [0.25, 0.3) is 0 Å².